The van der Waals surface area contributed by atoms with Crippen LogP contribution in [-0.2, 0) is 0 Å². The fourth-order valence-electron chi connectivity index (χ4n) is 1.36. The van der Waals surface area contributed by atoms with Gasteiger partial charge in [-0.05, 0) is 12.1 Å². The van der Waals surface area contributed by atoms with Crippen molar-refractivity contribution in [3.8, 4) is 5.75 Å². The number of aromatic hydroxyl groups is 1. The van der Waals surface area contributed by atoms with E-state index >= 15 is 0 Å². The van der Waals surface area contributed by atoms with Crippen molar-refractivity contribution in [3.63, 3.8) is 0 Å². The van der Waals surface area contributed by atoms with Crippen LogP contribution in [0.2, 0.25) is 0 Å². The van der Waals surface area contributed by atoms with Crippen LogP contribution in [-0.4, -0.2) is 16.0 Å². The summed E-state index contributed by atoms with van der Waals surface area (Å²) in [4.78, 5) is 25.8. The Labute approximate surface area is 96.7 Å². The van der Waals surface area contributed by atoms with Crippen molar-refractivity contribution < 1.29 is 9.90 Å². The van der Waals surface area contributed by atoms with Crippen LogP contribution in [0.4, 0.5) is 5.69 Å². The number of phenolic OH excluding ortho intramolecular Hbond substituents is 1. The Morgan fingerprint density at radius 3 is 2.71 bits per heavy atom. The summed E-state index contributed by atoms with van der Waals surface area (Å²) < 4.78 is 0. The molecule has 0 radical (unpaired) electrons. The Morgan fingerprint density at radius 2 is 2.00 bits per heavy atom. The molecule has 2 rings (SSSR count). The van der Waals surface area contributed by atoms with Gasteiger partial charge in [-0.25, -0.2) is 0 Å². The number of carbonyl (C=O) groups excluding carboxylic acids is 1. The number of benzene rings is 1. The van der Waals surface area contributed by atoms with Crippen LogP contribution in [0.15, 0.2) is 47.5 Å². The maximum Gasteiger partial charge on any atom is 0.261 e. The van der Waals surface area contributed by atoms with Crippen LogP contribution < -0.4 is 10.7 Å². The Hall–Kier alpha value is -2.56. The summed E-state index contributed by atoms with van der Waals surface area (Å²) in [6.07, 6.45) is 2.76. The fourth-order valence-corrected chi connectivity index (χ4v) is 1.36. The van der Waals surface area contributed by atoms with Gasteiger partial charge < -0.3 is 15.4 Å². The molecule has 0 spiro atoms. The van der Waals surface area contributed by atoms with E-state index in [4.69, 9.17) is 0 Å². The third-order valence-corrected chi connectivity index (χ3v) is 2.22. The minimum absolute atomic E-state index is 0.00393. The second-order valence-electron chi connectivity index (χ2n) is 3.39. The van der Waals surface area contributed by atoms with Crippen LogP contribution in [0.5, 0.6) is 5.75 Å². The number of carbonyl (C=O) groups is 1. The predicted octanol–water partition coefficient (Wildman–Crippen LogP) is 1.33. The zero-order valence-electron chi connectivity index (χ0n) is 8.81. The first-order valence-corrected chi connectivity index (χ1v) is 4.95. The Bertz CT molecular complexity index is 604. The van der Waals surface area contributed by atoms with Crippen LogP contribution in [0, 0.1) is 0 Å². The maximum atomic E-state index is 11.7. The molecule has 17 heavy (non-hydrogen) atoms. The van der Waals surface area contributed by atoms with Crippen LogP contribution in [0.1, 0.15) is 10.4 Å². The van der Waals surface area contributed by atoms with Gasteiger partial charge >= 0.3 is 0 Å². The maximum absolute atomic E-state index is 11.7. The molecule has 1 amide bonds. The zero-order chi connectivity index (χ0) is 12.3. The molecule has 0 aliphatic carbocycles. The van der Waals surface area contributed by atoms with E-state index in [1.54, 1.807) is 18.2 Å². The summed E-state index contributed by atoms with van der Waals surface area (Å²) in [5.41, 5.74) is -0.117. The molecular weight excluding hydrogens is 220 g/mol. The van der Waals surface area contributed by atoms with Crippen molar-refractivity contribution in [3.05, 3.63) is 58.5 Å². The van der Waals surface area contributed by atoms with Gasteiger partial charge in [0, 0.05) is 18.5 Å². The molecule has 0 saturated heterocycles. The van der Waals surface area contributed by atoms with Gasteiger partial charge in [0.2, 0.25) is 0 Å². The Balaban J connectivity index is 2.27. The highest BCUT2D eigenvalue weighted by atomic mass is 16.3. The van der Waals surface area contributed by atoms with Gasteiger partial charge in [0.25, 0.3) is 5.91 Å². The third kappa shape index (κ3) is 2.34. The molecule has 2 aromatic rings. The minimum atomic E-state index is -0.562. The molecule has 1 heterocycles. The molecule has 86 valence electrons. The van der Waals surface area contributed by atoms with E-state index in [-0.39, 0.29) is 22.4 Å². The van der Waals surface area contributed by atoms with Gasteiger partial charge in [0.1, 0.15) is 11.3 Å². The fraction of sp³-hybridized carbons (Fsp3) is 0. The lowest BCUT2D eigenvalue weighted by atomic mass is 10.2. The highest BCUT2D eigenvalue weighted by Crippen LogP contribution is 2.21. The van der Waals surface area contributed by atoms with E-state index in [1.165, 1.54) is 24.5 Å². The highest BCUT2D eigenvalue weighted by molar-refractivity contribution is 6.04. The smallest absolute Gasteiger partial charge is 0.261 e. The standard InChI is InChI=1S/C12H10N2O3/c15-10-5-6-13-7-8(10)12(17)14-9-3-1-2-4-11(9)16/h1-7,16H,(H,13,15)(H,14,17). The number of anilines is 1. The number of phenols is 1. The Kier molecular flexibility index (Phi) is 2.91. The molecule has 1 aromatic heterocycles. The largest absolute Gasteiger partial charge is 0.506 e. The third-order valence-electron chi connectivity index (χ3n) is 2.22. The summed E-state index contributed by atoms with van der Waals surface area (Å²) in [7, 11) is 0. The molecule has 0 fully saturated rings. The first-order valence-electron chi connectivity index (χ1n) is 4.95. The van der Waals surface area contributed by atoms with Crippen molar-refractivity contribution in [2.45, 2.75) is 0 Å². The number of rotatable bonds is 2. The van der Waals surface area contributed by atoms with Crippen LogP contribution in [0.25, 0.3) is 0 Å². The topological polar surface area (TPSA) is 82.2 Å². The lowest BCUT2D eigenvalue weighted by molar-refractivity contribution is 0.102. The van der Waals surface area contributed by atoms with Crippen molar-refractivity contribution in [2.24, 2.45) is 0 Å². The number of aromatic nitrogens is 1. The summed E-state index contributed by atoms with van der Waals surface area (Å²) in [5.74, 6) is -0.610. The molecule has 3 N–H and O–H groups in total. The molecule has 0 atom stereocenters. The Morgan fingerprint density at radius 1 is 1.24 bits per heavy atom. The number of hydrogen-bond donors (Lipinski definition) is 3. The number of aromatic amines is 1. The molecule has 0 saturated carbocycles. The average molecular weight is 230 g/mol. The second kappa shape index (κ2) is 4.52. The minimum Gasteiger partial charge on any atom is -0.506 e. The van der Waals surface area contributed by atoms with Gasteiger partial charge in [-0.1, -0.05) is 12.1 Å². The molecule has 5 nitrogen and oxygen atoms in total. The lowest BCUT2D eigenvalue weighted by Crippen LogP contribution is -2.20. The number of hydrogen-bond acceptors (Lipinski definition) is 3. The van der Waals surface area contributed by atoms with Crippen molar-refractivity contribution in [1.82, 2.24) is 4.98 Å². The molecule has 0 unspecified atom stereocenters. The first-order chi connectivity index (χ1) is 8.18. The van der Waals surface area contributed by atoms with E-state index in [2.05, 4.69) is 10.3 Å². The SMILES string of the molecule is O=C(Nc1ccccc1O)c1c[nH]ccc1=O. The zero-order valence-corrected chi connectivity index (χ0v) is 8.81. The molecule has 0 aliphatic rings. The van der Waals surface area contributed by atoms with E-state index in [1.807, 2.05) is 0 Å². The molecule has 0 aliphatic heterocycles. The number of para-hydroxylation sites is 2. The highest BCUT2D eigenvalue weighted by Gasteiger charge is 2.11. The molecule has 0 bridgehead atoms. The number of amides is 1. The summed E-state index contributed by atoms with van der Waals surface area (Å²) in [5, 5.41) is 11.9. The molecule has 1 aromatic carbocycles. The van der Waals surface area contributed by atoms with E-state index in [9.17, 15) is 14.7 Å². The molecular formula is C12H10N2O3. The number of H-pyrrole nitrogens is 1. The summed E-state index contributed by atoms with van der Waals surface area (Å²) >= 11 is 0. The van der Waals surface area contributed by atoms with E-state index < -0.39 is 5.91 Å². The summed E-state index contributed by atoms with van der Waals surface area (Å²) in [6.45, 7) is 0. The monoisotopic (exact) mass is 230 g/mol. The quantitative estimate of drug-likeness (QED) is 0.681. The van der Waals surface area contributed by atoms with Crippen molar-refractivity contribution in [1.29, 1.82) is 0 Å². The van der Waals surface area contributed by atoms with Crippen LogP contribution in [0.3, 0.4) is 0 Å². The number of pyridine rings is 1. The van der Waals surface area contributed by atoms with Crippen LogP contribution >= 0.6 is 0 Å². The average Bonchev–Trinajstić information content (AvgIpc) is 2.32. The van der Waals surface area contributed by atoms with E-state index in [0.29, 0.717) is 0 Å². The van der Waals surface area contributed by atoms with Gasteiger partial charge in [-0.15, -0.1) is 0 Å². The molecule has 5 heteroatoms. The van der Waals surface area contributed by atoms with Crippen molar-refractivity contribution in [2.75, 3.05) is 5.32 Å². The van der Waals surface area contributed by atoms with Gasteiger partial charge in [-0.3, -0.25) is 9.59 Å². The van der Waals surface area contributed by atoms with Gasteiger partial charge in [-0.2, -0.15) is 0 Å². The van der Waals surface area contributed by atoms with E-state index in [0.717, 1.165) is 0 Å². The first kappa shape index (κ1) is 10.9. The summed E-state index contributed by atoms with van der Waals surface area (Å²) in [6, 6.07) is 7.57. The van der Waals surface area contributed by atoms with Gasteiger partial charge in [0.05, 0.1) is 5.69 Å². The number of nitrogens with one attached hydrogen (secondary N) is 2. The predicted molar refractivity (Wildman–Crippen MR) is 63.1 cm³/mol. The van der Waals surface area contributed by atoms with Gasteiger partial charge in [0.15, 0.2) is 5.43 Å². The van der Waals surface area contributed by atoms with Crippen molar-refractivity contribution >= 4 is 11.6 Å². The normalized spacial score (nSPS) is 9.88. The lowest BCUT2D eigenvalue weighted by Gasteiger charge is -2.05. The second-order valence-corrected chi connectivity index (χ2v) is 3.39.